The molecule has 2 aromatic rings. The maximum Gasteiger partial charge on any atom is 0.230 e. The zero-order chi connectivity index (χ0) is 21.0. The molecule has 0 spiro atoms. The van der Waals surface area contributed by atoms with Crippen LogP contribution in [0.1, 0.15) is 78.3 Å². The molecular formula is C23H34N4OS. The molecule has 6 heteroatoms. The van der Waals surface area contributed by atoms with Gasteiger partial charge in [-0.05, 0) is 37.2 Å². The molecule has 1 fully saturated rings. The smallest absolute Gasteiger partial charge is 0.230 e. The third kappa shape index (κ3) is 5.41. The molecule has 1 aliphatic carbocycles. The Morgan fingerprint density at radius 1 is 1.21 bits per heavy atom. The average molecular weight is 415 g/mol. The topological polar surface area (TPSA) is 59.8 Å². The highest BCUT2D eigenvalue weighted by Crippen LogP contribution is 2.37. The van der Waals surface area contributed by atoms with Crippen molar-refractivity contribution in [3.8, 4) is 11.4 Å². The van der Waals surface area contributed by atoms with E-state index in [2.05, 4.69) is 72.0 Å². The van der Waals surface area contributed by atoms with E-state index in [1.165, 1.54) is 30.2 Å². The van der Waals surface area contributed by atoms with Gasteiger partial charge in [0.05, 0.1) is 5.75 Å². The van der Waals surface area contributed by atoms with E-state index in [9.17, 15) is 4.79 Å². The number of rotatable bonds is 7. The summed E-state index contributed by atoms with van der Waals surface area (Å²) in [5.74, 6) is 1.35. The maximum absolute atomic E-state index is 12.2. The van der Waals surface area contributed by atoms with E-state index >= 15 is 0 Å². The first kappa shape index (κ1) is 21.9. The lowest BCUT2D eigenvalue weighted by molar-refractivity contribution is -0.119. The van der Waals surface area contributed by atoms with Gasteiger partial charge in [-0.3, -0.25) is 9.36 Å². The fraction of sp³-hybridized carbons (Fsp3) is 0.609. The lowest BCUT2D eigenvalue weighted by atomic mass is 9.86. The van der Waals surface area contributed by atoms with Crippen LogP contribution in [-0.4, -0.2) is 32.5 Å². The third-order valence-electron chi connectivity index (χ3n) is 5.72. The molecule has 0 aliphatic heterocycles. The van der Waals surface area contributed by atoms with Gasteiger partial charge in [-0.2, -0.15) is 0 Å². The van der Waals surface area contributed by atoms with Crippen molar-refractivity contribution in [3.05, 3.63) is 29.8 Å². The van der Waals surface area contributed by atoms with E-state index in [0.29, 0.717) is 11.8 Å². The number of carbonyl (C=O) groups excluding carboxylic acids is 1. The summed E-state index contributed by atoms with van der Waals surface area (Å²) in [6.07, 6.45) is 5.71. The van der Waals surface area contributed by atoms with Gasteiger partial charge in [-0.15, -0.1) is 10.2 Å². The normalized spacial score (nSPS) is 16.2. The first-order chi connectivity index (χ1) is 13.8. The molecule has 5 nitrogen and oxygen atoms in total. The van der Waals surface area contributed by atoms with Gasteiger partial charge >= 0.3 is 0 Å². The minimum Gasteiger partial charge on any atom is -0.353 e. The molecule has 1 saturated carbocycles. The number of amides is 1. The second-order valence-corrected chi connectivity index (χ2v) is 10.0. The maximum atomic E-state index is 12.2. The number of benzene rings is 1. The van der Waals surface area contributed by atoms with Crippen molar-refractivity contribution in [2.75, 3.05) is 5.75 Å². The van der Waals surface area contributed by atoms with E-state index in [4.69, 9.17) is 0 Å². The Kier molecular flexibility index (Phi) is 7.04. The molecule has 1 aromatic heterocycles. The summed E-state index contributed by atoms with van der Waals surface area (Å²) in [5.41, 5.74) is 2.53. The number of hydrogen-bond acceptors (Lipinski definition) is 4. The largest absolute Gasteiger partial charge is 0.353 e. The molecule has 158 valence electrons. The number of thioether (sulfide) groups is 1. The number of nitrogens with one attached hydrogen (secondary N) is 1. The van der Waals surface area contributed by atoms with E-state index in [1.807, 2.05) is 6.92 Å². The van der Waals surface area contributed by atoms with Gasteiger partial charge in [0.15, 0.2) is 11.0 Å². The lowest BCUT2D eigenvalue weighted by Crippen LogP contribution is -2.33. The third-order valence-corrected chi connectivity index (χ3v) is 6.66. The Bertz CT molecular complexity index is 816. The van der Waals surface area contributed by atoms with E-state index in [1.54, 1.807) is 0 Å². The molecule has 29 heavy (non-hydrogen) atoms. The van der Waals surface area contributed by atoms with Crippen LogP contribution in [-0.2, 0) is 10.2 Å². The monoisotopic (exact) mass is 414 g/mol. The predicted octanol–water partition coefficient (Wildman–Crippen LogP) is 5.36. The lowest BCUT2D eigenvalue weighted by Gasteiger charge is -2.20. The number of nitrogens with zero attached hydrogens (tertiary/aromatic N) is 3. The molecule has 1 atom stereocenters. The van der Waals surface area contributed by atoms with Crippen molar-refractivity contribution in [2.45, 2.75) is 89.4 Å². The van der Waals surface area contributed by atoms with Gasteiger partial charge in [0, 0.05) is 17.6 Å². The van der Waals surface area contributed by atoms with Crippen molar-refractivity contribution < 1.29 is 4.79 Å². The molecular weight excluding hydrogens is 380 g/mol. The second kappa shape index (κ2) is 9.33. The highest BCUT2D eigenvalue weighted by Gasteiger charge is 2.25. The second-order valence-electron chi connectivity index (χ2n) is 9.11. The van der Waals surface area contributed by atoms with Crippen LogP contribution in [0.4, 0.5) is 0 Å². The van der Waals surface area contributed by atoms with Crippen LogP contribution in [0.25, 0.3) is 11.4 Å². The molecule has 0 bridgehead atoms. The Balaban J connectivity index is 1.83. The molecule has 1 N–H and O–H groups in total. The van der Waals surface area contributed by atoms with Gasteiger partial charge in [-0.1, -0.05) is 76.6 Å². The first-order valence-electron chi connectivity index (χ1n) is 10.8. The fourth-order valence-electron chi connectivity index (χ4n) is 3.73. The fourth-order valence-corrected chi connectivity index (χ4v) is 4.55. The Morgan fingerprint density at radius 3 is 2.45 bits per heavy atom. The van der Waals surface area contributed by atoms with Crippen LogP contribution in [0.15, 0.2) is 29.4 Å². The van der Waals surface area contributed by atoms with Gasteiger partial charge in [0.2, 0.25) is 5.91 Å². The van der Waals surface area contributed by atoms with Crippen LogP contribution < -0.4 is 5.32 Å². The Hall–Kier alpha value is -1.82. The number of carbonyl (C=O) groups is 1. The minimum absolute atomic E-state index is 0.0569. The van der Waals surface area contributed by atoms with Crippen LogP contribution in [0.3, 0.4) is 0 Å². The Morgan fingerprint density at radius 2 is 1.86 bits per heavy atom. The standard InChI is InChI=1S/C23H34N4OS/c1-6-16(2)24-20(28)15-29-22-26-25-21(27(22)19-9-7-8-10-19)17-11-13-18(14-12-17)23(3,4)5/h11-14,16,19H,6-10,15H2,1-5H3,(H,24,28)/t16-/m0/s1. The van der Waals surface area contributed by atoms with Crippen LogP contribution in [0.2, 0.25) is 0 Å². The molecule has 0 radical (unpaired) electrons. The van der Waals surface area contributed by atoms with Gasteiger partial charge in [0.1, 0.15) is 0 Å². The van der Waals surface area contributed by atoms with Crippen LogP contribution in [0.5, 0.6) is 0 Å². The van der Waals surface area contributed by atoms with Crippen LogP contribution in [0, 0.1) is 0 Å². The quantitative estimate of drug-likeness (QED) is 0.619. The molecule has 1 aliphatic rings. The summed E-state index contributed by atoms with van der Waals surface area (Å²) in [5, 5.41) is 12.9. The number of hydrogen-bond donors (Lipinski definition) is 1. The zero-order valence-corrected chi connectivity index (χ0v) is 19.2. The molecule has 0 unspecified atom stereocenters. The summed E-state index contributed by atoms with van der Waals surface area (Å²) < 4.78 is 2.28. The summed E-state index contributed by atoms with van der Waals surface area (Å²) in [7, 11) is 0. The molecule has 1 aromatic carbocycles. The molecule has 1 amide bonds. The van der Waals surface area contributed by atoms with E-state index < -0.39 is 0 Å². The van der Waals surface area contributed by atoms with Gasteiger partial charge in [0.25, 0.3) is 0 Å². The van der Waals surface area contributed by atoms with Crippen molar-refractivity contribution in [3.63, 3.8) is 0 Å². The van der Waals surface area contributed by atoms with Crippen molar-refractivity contribution in [1.82, 2.24) is 20.1 Å². The molecule has 0 saturated heterocycles. The summed E-state index contributed by atoms with van der Waals surface area (Å²) >= 11 is 1.49. The highest BCUT2D eigenvalue weighted by atomic mass is 32.2. The molecule has 3 rings (SSSR count). The molecule has 1 heterocycles. The van der Waals surface area contributed by atoms with E-state index in [-0.39, 0.29) is 17.4 Å². The van der Waals surface area contributed by atoms with Crippen LogP contribution >= 0.6 is 11.8 Å². The Labute approximate surface area is 179 Å². The van der Waals surface area contributed by atoms with Crippen molar-refractivity contribution in [2.24, 2.45) is 0 Å². The highest BCUT2D eigenvalue weighted by molar-refractivity contribution is 7.99. The first-order valence-corrected chi connectivity index (χ1v) is 11.8. The SMILES string of the molecule is CC[C@H](C)NC(=O)CSc1nnc(-c2ccc(C(C)(C)C)cc2)n1C1CCCC1. The number of aromatic nitrogens is 3. The average Bonchev–Trinajstić information content (AvgIpc) is 3.35. The minimum atomic E-state index is 0.0569. The van der Waals surface area contributed by atoms with E-state index in [0.717, 1.165) is 35.8 Å². The zero-order valence-electron chi connectivity index (χ0n) is 18.4. The summed E-state index contributed by atoms with van der Waals surface area (Å²) in [6.45, 7) is 10.8. The predicted molar refractivity (Wildman–Crippen MR) is 120 cm³/mol. The summed E-state index contributed by atoms with van der Waals surface area (Å²) in [4.78, 5) is 12.2. The summed E-state index contributed by atoms with van der Waals surface area (Å²) in [6, 6.07) is 9.31. The van der Waals surface area contributed by atoms with Crippen molar-refractivity contribution in [1.29, 1.82) is 0 Å². The van der Waals surface area contributed by atoms with Crippen molar-refractivity contribution >= 4 is 17.7 Å². The van der Waals surface area contributed by atoms with Gasteiger partial charge in [-0.25, -0.2) is 0 Å². The van der Waals surface area contributed by atoms with Gasteiger partial charge < -0.3 is 5.32 Å².